The van der Waals surface area contributed by atoms with E-state index in [-0.39, 0.29) is 6.04 Å². The van der Waals surface area contributed by atoms with Gasteiger partial charge in [0, 0.05) is 19.1 Å². The van der Waals surface area contributed by atoms with Crippen LogP contribution in [0.1, 0.15) is 39.2 Å². The first-order chi connectivity index (χ1) is 9.45. The van der Waals surface area contributed by atoms with Crippen molar-refractivity contribution in [3.63, 3.8) is 0 Å². The minimum absolute atomic E-state index is 0.224. The lowest BCUT2D eigenvalue weighted by Crippen LogP contribution is -2.35. The predicted molar refractivity (Wildman–Crippen MR) is 83.5 cm³/mol. The zero-order valence-corrected chi connectivity index (χ0v) is 14.1. The first-order valence-corrected chi connectivity index (χ1v) is 9.57. The third-order valence-electron chi connectivity index (χ3n) is 3.27. The average molecular weight is 316 g/mol. The lowest BCUT2D eigenvalue weighted by atomic mass is 10.2. The summed E-state index contributed by atoms with van der Waals surface area (Å²) >= 11 is 1.34. The van der Waals surface area contributed by atoms with E-state index in [1.54, 1.807) is 4.31 Å². The Bertz CT molecular complexity index is 533. The average Bonchev–Trinajstić information content (AvgIpc) is 3.10. The Morgan fingerprint density at radius 3 is 2.70 bits per heavy atom. The van der Waals surface area contributed by atoms with Gasteiger partial charge in [-0.2, -0.15) is 4.31 Å². The molecule has 1 heterocycles. The summed E-state index contributed by atoms with van der Waals surface area (Å²) in [4.78, 5) is 0. The van der Waals surface area contributed by atoms with Gasteiger partial charge in [0.2, 0.25) is 0 Å². The van der Waals surface area contributed by atoms with Gasteiger partial charge in [-0.1, -0.05) is 20.8 Å². The third-order valence-corrected chi connectivity index (χ3v) is 6.65. The Labute approximate surface area is 126 Å². The molecule has 0 spiro atoms. The summed E-state index contributed by atoms with van der Waals surface area (Å²) in [5.41, 5.74) is 1.05. The van der Waals surface area contributed by atoms with Crippen molar-refractivity contribution >= 4 is 21.4 Å². The summed E-state index contributed by atoms with van der Waals surface area (Å²) in [7, 11) is -3.31. The number of hydrogen-bond donors (Lipinski definition) is 1. The molecule has 0 radical (unpaired) electrons. The van der Waals surface area contributed by atoms with Gasteiger partial charge < -0.3 is 5.32 Å². The zero-order chi connectivity index (χ0) is 14.8. The molecule has 114 valence electrons. The van der Waals surface area contributed by atoms with Crippen LogP contribution >= 0.6 is 11.3 Å². The molecular formula is C14H24N2O2S2. The molecule has 2 rings (SSSR count). The number of thiophene rings is 1. The van der Waals surface area contributed by atoms with E-state index in [0.717, 1.165) is 31.5 Å². The molecule has 0 atom stereocenters. The van der Waals surface area contributed by atoms with Crippen LogP contribution in [0, 0.1) is 5.92 Å². The molecule has 0 unspecified atom stereocenters. The summed E-state index contributed by atoms with van der Waals surface area (Å²) in [5, 5.41) is 5.16. The summed E-state index contributed by atoms with van der Waals surface area (Å²) in [6.07, 6.45) is 2.00. The third kappa shape index (κ3) is 3.81. The maximum Gasteiger partial charge on any atom is 0.252 e. The minimum atomic E-state index is -3.31. The molecule has 0 aromatic carbocycles. The Morgan fingerprint density at radius 2 is 2.15 bits per heavy atom. The monoisotopic (exact) mass is 316 g/mol. The normalized spacial score (nSPS) is 16.2. The van der Waals surface area contributed by atoms with E-state index in [4.69, 9.17) is 0 Å². The van der Waals surface area contributed by atoms with Crippen molar-refractivity contribution in [2.75, 3.05) is 13.1 Å². The van der Waals surface area contributed by atoms with Gasteiger partial charge in [-0.25, -0.2) is 8.42 Å². The molecular weight excluding hydrogens is 292 g/mol. The first kappa shape index (κ1) is 15.9. The SMILES string of the molecule is CCNCc1csc(S(=O)(=O)N(CC(C)C)C2CC2)c1. The quantitative estimate of drug-likeness (QED) is 0.802. The van der Waals surface area contributed by atoms with Gasteiger partial charge in [-0.05, 0) is 42.3 Å². The largest absolute Gasteiger partial charge is 0.313 e. The Hall–Kier alpha value is -0.430. The maximum atomic E-state index is 12.8. The molecule has 1 fully saturated rings. The van der Waals surface area contributed by atoms with E-state index in [0.29, 0.717) is 16.7 Å². The van der Waals surface area contributed by atoms with E-state index in [1.165, 1.54) is 11.3 Å². The molecule has 1 saturated carbocycles. The van der Waals surface area contributed by atoms with E-state index >= 15 is 0 Å². The molecule has 0 bridgehead atoms. The Kier molecular flexibility index (Phi) is 5.23. The molecule has 1 N–H and O–H groups in total. The second-order valence-electron chi connectivity index (χ2n) is 5.75. The zero-order valence-electron chi connectivity index (χ0n) is 12.4. The number of nitrogens with zero attached hydrogens (tertiary/aromatic N) is 1. The minimum Gasteiger partial charge on any atom is -0.313 e. The fraction of sp³-hybridized carbons (Fsp3) is 0.714. The van der Waals surface area contributed by atoms with Crippen LogP contribution in [0.15, 0.2) is 15.7 Å². The van der Waals surface area contributed by atoms with Gasteiger partial charge in [0.05, 0.1) is 0 Å². The van der Waals surface area contributed by atoms with Crippen molar-refractivity contribution in [3.8, 4) is 0 Å². The van der Waals surface area contributed by atoms with Crippen molar-refractivity contribution in [2.24, 2.45) is 5.92 Å². The van der Waals surface area contributed by atoms with Gasteiger partial charge in [-0.3, -0.25) is 0 Å². The summed E-state index contributed by atoms with van der Waals surface area (Å²) in [6.45, 7) is 8.41. The fourth-order valence-corrected chi connectivity index (χ4v) is 5.32. The van der Waals surface area contributed by atoms with Gasteiger partial charge in [0.25, 0.3) is 10.0 Å². The number of hydrogen-bond acceptors (Lipinski definition) is 4. The van der Waals surface area contributed by atoms with Crippen LogP contribution in [0.2, 0.25) is 0 Å². The topological polar surface area (TPSA) is 49.4 Å². The molecule has 0 saturated heterocycles. The van der Waals surface area contributed by atoms with Gasteiger partial charge in [0.15, 0.2) is 0 Å². The van der Waals surface area contributed by atoms with Crippen LogP contribution in [0.3, 0.4) is 0 Å². The van der Waals surface area contributed by atoms with E-state index < -0.39 is 10.0 Å². The fourth-order valence-electron chi connectivity index (χ4n) is 2.13. The molecule has 1 aromatic heterocycles. The highest BCUT2D eigenvalue weighted by molar-refractivity contribution is 7.91. The molecule has 0 aliphatic heterocycles. The highest BCUT2D eigenvalue weighted by Gasteiger charge is 2.38. The lowest BCUT2D eigenvalue weighted by molar-refractivity contribution is 0.361. The van der Waals surface area contributed by atoms with Crippen molar-refractivity contribution < 1.29 is 8.42 Å². The molecule has 1 aromatic rings. The van der Waals surface area contributed by atoms with Crippen LogP contribution in [-0.2, 0) is 16.6 Å². The Morgan fingerprint density at radius 1 is 1.45 bits per heavy atom. The molecule has 1 aliphatic carbocycles. The highest BCUT2D eigenvalue weighted by Crippen LogP contribution is 2.34. The van der Waals surface area contributed by atoms with Crippen molar-refractivity contribution in [1.29, 1.82) is 0 Å². The molecule has 0 amide bonds. The highest BCUT2D eigenvalue weighted by atomic mass is 32.2. The van der Waals surface area contributed by atoms with Crippen molar-refractivity contribution in [2.45, 2.75) is 50.4 Å². The second kappa shape index (κ2) is 6.56. The smallest absolute Gasteiger partial charge is 0.252 e. The number of nitrogens with one attached hydrogen (secondary N) is 1. The maximum absolute atomic E-state index is 12.8. The van der Waals surface area contributed by atoms with Crippen LogP contribution < -0.4 is 5.32 Å². The standard InChI is InChI=1S/C14H24N2O2S2/c1-4-15-8-12-7-14(19-10-12)20(17,18)16(9-11(2)3)13-5-6-13/h7,10-11,13,15H,4-6,8-9H2,1-3H3. The van der Waals surface area contributed by atoms with Gasteiger partial charge in [0.1, 0.15) is 4.21 Å². The van der Waals surface area contributed by atoms with E-state index in [2.05, 4.69) is 19.2 Å². The van der Waals surface area contributed by atoms with Crippen molar-refractivity contribution in [3.05, 3.63) is 17.0 Å². The predicted octanol–water partition coefficient (Wildman–Crippen LogP) is 2.67. The van der Waals surface area contributed by atoms with Crippen molar-refractivity contribution in [1.82, 2.24) is 9.62 Å². The first-order valence-electron chi connectivity index (χ1n) is 7.25. The number of rotatable bonds is 8. The Balaban J connectivity index is 2.17. The van der Waals surface area contributed by atoms with Crippen LogP contribution in [0.25, 0.3) is 0 Å². The molecule has 4 nitrogen and oxygen atoms in total. The molecule has 20 heavy (non-hydrogen) atoms. The van der Waals surface area contributed by atoms with Crippen LogP contribution in [-0.4, -0.2) is 31.9 Å². The van der Waals surface area contributed by atoms with Gasteiger partial charge >= 0.3 is 0 Å². The second-order valence-corrected chi connectivity index (χ2v) is 8.78. The van der Waals surface area contributed by atoms with E-state index in [9.17, 15) is 8.42 Å². The van der Waals surface area contributed by atoms with Crippen LogP contribution in [0.4, 0.5) is 0 Å². The van der Waals surface area contributed by atoms with Gasteiger partial charge in [-0.15, -0.1) is 11.3 Å². The van der Waals surface area contributed by atoms with E-state index in [1.807, 2.05) is 18.4 Å². The lowest BCUT2D eigenvalue weighted by Gasteiger charge is -2.22. The number of sulfonamides is 1. The summed E-state index contributed by atoms with van der Waals surface area (Å²) < 4.78 is 27.7. The van der Waals surface area contributed by atoms with Crippen LogP contribution in [0.5, 0.6) is 0 Å². The molecule has 6 heteroatoms. The summed E-state index contributed by atoms with van der Waals surface area (Å²) in [6, 6.07) is 2.04. The summed E-state index contributed by atoms with van der Waals surface area (Å²) in [5.74, 6) is 0.353. The molecule has 1 aliphatic rings.